The number of rotatable bonds is 6. The van der Waals surface area contributed by atoms with Crippen LogP contribution in [0.25, 0.3) is 0 Å². The van der Waals surface area contributed by atoms with E-state index in [0.717, 1.165) is 69.5 Å². The molecule has 1 unspecified atom stereocenters. The van der Waals surface area contributed by atoms with Crippen LogP contribution < -0.4 is 10.2 Å². The van der Waals surface area contributed by atoms with Crippen molar-refractivity contribution in [3.63, 3.8) is 0 Å². The molecule has 2 fully saturated rings. The second-order valence-corrected chi connectivity index (χ2v) is 7.88. The molecule has 1 aromatic heterocycles. The number of hydrogen-bond donors (Lipinski definition) is 1. The molecule has 0 aliphatic carbocycles. The Morgan fingerprint density at radius 1 is 1.23 bits per heavy atom. The molecule has 2 saturated heterocycles. The number of likely N-dealkylation sites (tertiary alicyclic amines) is 1. The Bertz CT molecular complexity index is 706. The molecule has 1 N–H and O–H groups in total. The van der Waals surface area contributed by atoms with E-state index in [0.29, 0.717) is 19.7 Å². The Labute approximate surface area is 203 Å². The number of piperazine rings is 1. The zero-order valence-electron chi connectivity index (χ0n) is 19.0. The van der Waals surface area contributed by atoms with Gasteiger partial charge in [-0.1, -0.05) is 13.0 Å². The molecule has 2 aliphatic rings. The highest BCUT2D eigenvalue weighted by atomic mass is 127. The Morgan fingerprint density at radius 2 is 2.00 bits per heavy atom. The number of pyridine rings is 1. The van der Waals surface area contributed by atoms with Crippen LogP contribution in [0.15, 0.2) is 23.3 Å². The maximum atomic E-state index is 12.1. The second-order valence-electron chi connectivity index (χ2n) is 7.88. The average Bonchev–Trinajstić information content (AvgIpc) is 2.80. The summed E-state index contributed by atoms with van der Waals surface area (Å²) in [6.45, 7) is 12.1. The number of likely N-dealkylation sites (N-methyl/N-ethyl adjacent to an activating group) is 1. The van der Waals surface area contributed by atoms with Gasteiger partial charge in [-0.05, 0) is 37.9 Å². The van der Waals surface area contributed by atoms with Gasteiger partial charge in [0, 0.05) is 59.1 Å². The number of aromatic nitrogens is 1. The van der Waals surface area contributed by atoms with E-state index in [1.54, 1.807) is 7.05 Å². The highest BCUT2D eigenvalue weighted by Gasteiger charge is 2.28. The summed E-state index contributed by atoms with van der Waals surface area (Å²) < 4.78 is 5.20. The minimum Gasteiger partial charge on any atom is -0.466 e. The van der Waals surface area contributed by atoms with E-state index in [1.165, 1.54) is 0 Å². The largest absolute Gasteiger partial charge is 0.466 e. The summed E-state index contributed by atoms with van der Waals surface area (Å²) in [5, 5.41) is 3.42. The second kappa shape index (κ2) is 13.0. The molecule has 8 nitrogen and oxygen atoms in total. The van der Waals surface area contributed by atoms with E-state index in [1.807, 2.05) is 13.1 Å². The Hall–Kier alpha value is -1.62. The Morgan fingerprint density at radius 3 is 2.61 bits per heavy atom. The smallest absolute Gasteiger partial charge is 0.310 e. The highest BCUT2D eigenvalue weighted by molar-refractivity contribution is 14.0. The molecule has 0 aromatic carbocycles. The first-order valence-electron chi connectivity index (χ1n) is 11.2. The van der Waals surface area contributed by atoms with Crippen LogP contribution >= 0.6 is 24.0 Å². The lowest BCUT2D eigenvalue weighted by molar-refractivity contribution is -0.149. The number of piperidine rings is 1. The van der Waals surface area contributed by atoms with Gasteiger partial charge in [0.05, 0.1) is 12.5 Å². The van der Waals surface area contributed by atoms with Crippen LogP contribution in [0, 0.1) is 5.92 Å². The van der Waals surface area contributed by atoms with E-state index in [-0.39, 0.29) is 35.9 Å². The fraction of sp³-hybridized carbons (Fsp3) is 0.682. The zero-order valence-corrected chi connectivity index (χ0v) is 21.4. The van der Waals surface area contributed by atoms with Gasteiger partial charge < -0.3 is 24.8 Å². The number of halogens is 1. The van der Waals surface area contributed by atoms with Crippen LogP contribution in [0.3, 0.4) is 0 Å². The predicted octanol–water partition coefficient (Wildman–Crippen LogP) is 2.19. The van der Waals surface area contributed by atoms with E-state index in [2.05, 4.69) is 49.0 Å². The van der Waals surface area contributed by atoms with E-state index in [9.17, 15) is 4.79 Å². The van der Waals surface area contributed by atoms with Crippen LogP contribution in [0.2, 0.25) is 0 Å². The molecule has 0 spiro atoms. The summed E-state index contributed by atoms with van der Waals surface area (Å²) in [6.07, 6.45) is 3.79. The lowest BCUT2D eigenvalue weighted by atomic mass is 9.98. The first-order chi connectivity index (χ1) is 14.6. The van der Waals surface area contributed by atoms with Crippen LogP contribution in [0.1, 0.15) is 32.3 Å². The van der Waals surface area contributed by atoms with Crippen molar-refractivity contribution in [2.45, 2.75) is 33.2 Å². The molecule has 2 aliphatic heterocycles. The average molecular weight is 544 g/mol. The first-order valence-corrected chi connectivity index (χ1v) is 11.2. The van der Waals surface area contributed by atoms with Gasteiger partial charge in [0.1, 0.15) is 5.82 Å². The van der Waals surface area contributed by atoms with Gasteiger partial charge in [-0.3, -0.25) is 9.79 Å². The first kappa shape index (κ1) is 25.6. The van der Waals surface area contributed by atoms with Crippen LogP contribution in [-0.2, 0) is 16.1 Å². The van der Waals surface area contributed by atoms with Gasteiger partial charge in [0.2, 0.25) is 0 Å². The molecular formula is C22H37IN6O2. The SMILES string of the molecule is CCOC(=O)C1CCCN(C(=NC)NCc2ccc(N3CCN(CC)CC3)nc2)C1.I. The lowest BCUT2D eigenvalue weighted by Crippen LogP contribution is -2.48. The Balaban J connectivity index is 0.00000341. The van der Waals surface area contributed by atoms with Crippen molar-refractivity contribution >= 4 is 41.7 Å². The molecule has 0 radical (unpaired) electrons. The number of carbonyl (C=O) groups excluding carboxylic acids is 1. The predicted molar refractivity (Wildman–Crippen MR) is 135 cm³/mol. The number of carbonyl (C=O) groups is 1. The summed E-state index contributed by atoms with van der Waals surface area (Å²) in [5.41, 5.74) is 1.12. The summed E-state index contributed by atoms with van der Waals surface area (Å²) in [4.78, 5) is 28.2. The van der Waals surface area contributed by atoms with Crippen molar-refractivity contribution in [3.8, 4) is 0 Å². The molecule has 3 heterocycles. The van der Waals surface area contributed by atoms with Crippen LogP contribution in [0.5, 0.6) is 0 Å². The van der Waals surface area contributed by atoms with Crippen molar-refractivity contribution in [3.05, 3.63) is 23.9 Å². The zero-order chi connectivity index (χ0) is 21.3. The topological polar surface area (TPSA) is 73.3 Å². The van der Waals surface area contributed by atoms with Crippen molar-refractivity contribution in [1.29, 1.82) is 0 Å². The van der Waals surface area contributed by atoms with Crippen molar-refractivity contribution in [1.82, 2.24) is 20.1 Å². The van der Waals surface area contributed by atoms with Gasteiger partial charge in [-0.25, -0.2) is 4.98 Å². The molecule has 3 rings (SSSR count). The van der Waals surface area contributed by atoms with Crippen molar-refractivity contribution < 1.29 is 9.53 Å². The highest BCUT2D eigenvalue weighted by Crippen LogP contribution is 2.18. The van der Waals surface area contributed by atoms with Gasteiger partial charge in [-0.2, -0.15) is 0 Å². The lowest BCUT2D eigenvalue weighted by Gasteiger charge is -2.35. The van der Waals surface area contributed by atoms with Gasteiger partial charge >= 0.3 is 5.97 Å². The maximum absolute atomic E-state index is 12.1. The molecule has 1 atom stereocenters. The van der Waals surface area contributed by atoms with Gasteiger partial charge in [0.15, 0.2) is 5.96 Å². The monoisotopic (exact) mass is 544 g/mol. The van der Waals surface area contributed by atoms with Crippen LogP contribution in [-0.4, -0.2) is 86.2 Å². The molecule has 174 valence electrons. The molecule has 9 heteroatoms. The number of nitrogens with one attached hydrogen (secondary N) is 1. The molecular weight excluding hydrogens is 507 g/mol. The third-order valence-corrected chi connectivity index (χ3v) is 5.96. The minimum atomic E-state index is -0.0998. The summed E-state index contributed by atoms with van der Waals surface area (Å²) in [5.74, 6) is 1.69. The summed E-state index contributed by atoms with van der Waals surface area (Å²) in [6, 6.07) is 4.24. The number of aliphatic imine (C=N–C) groups is 1. The van der Waals surface area contributed by atoms with E-state index >= 15 is 0 Å². The third kappa shape index (κ3) is 7.20. The molecule has 1 aromatic rings. The molecule has 0 bridgehead atoms. The summed E-state index contributed by atoms with van der Waals surface area (Å²) in [7, 11) is 1.79. The number of anilines is 1. The third-order valence-electron chi connectivity index (χ3n) is 5.96. The van der Waals surface area contributed by atoms with Crippen molar-refractivity contribution in [2.75, 3.05) is 64.4 Å². The van der Waals surface area contributed by atoms with E-state index < -0.39 is 0 Å². The Kier molecular flexibility index (Phi) is 10.8. The fourth-order valence-corrected chi connectivity index (χ4v) is 4.14. The van der Waals surface area contributed by atoms with Gasteiger partial charge in [-0.15, -0.1) is 24.0 Å². The van der Waals surface area contributed by atoms with Gasteiger partial charge in [0.25, 0.3) is 0 Å². The fourth-order valence-electron chi connectivity index (χ4n) is 4.14. The van der Waals surface area contributed by atoms with Crippen LogP contribution in [0.4, 0.5) is 5.82 Å². The number of guanidine groups is 1. The number of hydrogen-bond acceptors (Lipinski definition) is 6. The molecule has 0 saturated carbocycles. The normalized spacial score (nSPS) is 20.2. The quantitative estimate of drug-likeness (QED) is 0.255. The number of ether oxygens (including phenoxy) is 1. The van der Waals surface area contributed by atoms with E-state index in [4.69, 9.17) is 4.74 Å². The number of nitrogens with zero attached hydrogens (tertiary/aromatic N) is 5. The molecule has 31 heavy (non-hydrogen) atoms. The maximum Gasteiger partial charge on any atom is 0.310 e. The minimum absolute atomic E-state index is 0. The number of esters is 1. The summed E-state index contributed by atoms with van der Waals surface area (Å²) >= 11 is 0. The molecule has 0 amide bonds. The van der Waals surface area contributed by atoms with Crippen molar-refractivity contribution in [2.24, 2.45) is 10.9 Å². The standard InChI is InChI=1S/C22H36N6O2.HI/c1-4-26-11-13-27(14-12-26)20-9-8-18(15-24-20)16-25-22(23-3)28-10-6-7-19(17-28)21(29)30-5-2;/h8-9,15,19H,4-7,10-14,16-17H2,1-3H3,(H,23,25);1H.